The number of aliphatic hydroxyl groups is 1. The van der Waals surface area contributed by atoms with E-state index < -0.39 is 18.4 Å². The van der Waals surface area contributed by atoms with E-state index in [4.69, 9.17) is 14.2 Å². The fourth-order valence-electron chi connectivity index (χ4n) is 4.69. The minimum absolute atomic E-state index is 0.0612. The van der Waals surface area contributed by atoms with E-state index in [1.807, 2.05) is 13.8 Å². The number of ether oxygens (including phenoxy) is 3. The highest BCUT2D eigenvalue weighted by Crippen LogP contribution is 2.32. The topological polar surface area (TPSA) is 149 Å². The van der Waals surface area contributed by atoms with Gasteiger partial charge < -0.3 is 24.6 Å². The van der Waals surface area contributed by atoms with Crippen LogP contribution in [0.5, 0.6) is 0 Å². The van der Waals surface area contributed by atoms with Crippen molar-refractivity contribution in [3.63, 3.8) is 0 Å². The number of methoxy groups -OCH3 is 1. The Morgan fingerprint density at radius 3 is 2.50 bits per heavy atom. The molecule has 12 heteroatoms. The van der Waals surface area contributed by atoms with Crippen LogP contribution in [0.15, 0.2) is 11.0 Å². The van der Waals surface area contributed by atoms with Gasteiger partial charge >= 0.3 is 5.97 Å². The van der Waals surface area contributed by atoms with Gasteiger partial charge in [0.05, 0.1) is 17.6 Å². The summed E-state index contributed by atoms with van der Waals surface area (Å²) in [4.78, 5) is 62.8. The van der Waals surface area contributed by atoms with Gasteiger partial charge in [-0.25, -0.2) is 0 Å². The summed E-state index contributed by atoms with van der Waals surface area (Å²) in [7, 11) is 1.42. The third-order valence-corrected chi connectivity index (χ3v) is 8.19. The predicted octanol–water partition coefficient (Wildman–Crippen LogP) is 2.35. The number of amides is 3. The number of imide groups is 1. The molecule has 0 aromatic rings. The molecule has 1 heterocycles. The van der Waals surface area contributed by atoms with Crippen molar-refractivity contribution in [2.75, 3.05) is 39.2 Å². The van der Waals surface area contributed by atoms with Gasteiger partial charge in [0.2, 0.25) is 5.91 Å². The van der Waals surface area contributed by atoms with Gasteiger partial charge in [0.15, 0.2) is 6.29 Å². The second-order valence-electron chi connectivity index (χ2n) is 10.0. The molecule has 1 saturated carbocycles. The Bertz CT molecular complexity index is 898. The van der Waals surface area contributed by atoms with Gasteiger partial charge in [-0.2, -0.15) is 0 Å². The van der Waals surface area contributed by atoms with E-state index in [1.54, 1.807) is 0 Å². The van der Waals surface area contributed by atoms with Crippen LogP contribution < -0.4 is 5.32 Å². The number of carbonyl (C=O) groups is 5. The van der Waals surface area contributed by atoms with Crippen molar-refractivity contribution in [1.29, 1.82) is 0 Å². The Hall–Kier alpha value is -2.28. The number of hydrogen-bond donors (Lipinski definition) is 2. The molecule has 2 rings (SSSR count). The van der Waals surface area contributed by atoms with E-state index in [0.717, 1.165) is 25.7 Å². The normalized spacial score (nSPS) is 20.7. The molecule has 0 saturated heterocycles. The van der Waals surface area contributed by atoms with Crippen molar-refractivity contribution in [2.24, 2.45) is 11.8 Å². The molecule has 0 bridgehead atoms. The quantitative estimate of drug-likeness (QED) is 0.100. The smallest absolute Gasteiger partial charge is 0.305 e. The van der Waals surface area contributed by atoms with Crippen LogP contribution >= 0.6 is 11.8 Å². The van der Waals surface area contributed by atoms with Gasteiger partial charge in [-0.15, -0.1) is 11.8 Å². The van der Waals surface area contributed by atoms with E-state index in [0.29, 0.717) is 48.8 Å². The number of carbonyl (C=O) groups excluding carboxylic acids is 5. The molecule has 2 aliphatic rings. The Kier molecular flexibility index (Phi) is 15.4. The number of esters is 1. The van der Waals surface area contributed by atoms with Crippen LogP contribution in [0.4, 0.5) is 0 Å². The summed E-state index contributed by atoms with van der Waals surface area (Å²) in [6.45, 7) is 4.17. The highest BCUT2D eigenvalue weighted by Gasteiger charge is 2.34. The zero-order valence-electron chi connectivity index (χ0n) is 23.9. The van der Waals surface area contributed by atoms with Gasteiger partial charge in [0.1, 0.15) is 12.4 Å². The molecule has 0 aromatic carbocycles. The number of hydrogen-bond acceptors (Lipinski definition) is 10. The Balaban J connectivity index is 1.58. The number of rotatable bonds is 19. The van der Waals surface area contributed by atoms with E-state index in [9.17, 15) is 29.1 Å². The van der Waals surface area contributed by atoms with Crippen molar-refractivity contribution in [1.82, 2.24) is 10.2 Å². The molecular weight excluding hydrogens is 540 g/mol. The molecule has 0 aromatic heterocycles. The lowest BCUT2D eigenvalue weighted by atomic mass is 9.79. The maximum Gasteiger partial charge on any atom is 0.305 e. The Morgan fingerprint density at radius 2 is 1.88 bits per heavy atom. The lowest BCUT2D eigenvalue weighted by Gasteiger charge is -2.29. The molecule has 2 unspecified atom stereocenters. The number of ketones is 1. The number of nitrogens with zero attached hydrogens (tertiary/aromatic N) is 1. The standard InChI is InChI=1S/C28H44N2O9S/c1-4-21(17-31)39-27(37-3)18-38-26(35)8-6-7-24(33)29-13-14-40-23-15-25(34)30(28(23)36)16-19-9-11-20(12-10-19)22(32)5-2/h15,19-21,27,31H,4-14,16-18H2,1-3H3,(H,29,33). The molecule has 0 radical (unpaired) electrons. The number of thioether (sulfide) groups is 1. The zero-order valence-corrected chi connectivity index (χ0v) is 24.7. The van der Waals surface area contributed by atoms with Crippen LogP contribution in [0.25, 0.3) is 0 Å². The van der Waals surface area contributed by atoms with Crippen molar-refractivity contribution >= 4 is 41.2 Å². The van der Waals surface area contributed by atoms with Crippen molar-refractivity contribution < 1.29 is 43.3 Å². The third kappa shape index (κ3) is 11.3. The fourth-order valence-corrected chi connectivity index (χ4v) is 5.53. The summed E-state index contributed by atoms with van der Waals surface area (Å²) < 4.78 is 15.7. The van der Waals surface area contributed by atoms with Crippen molar-refractivity contribution in [2.45, 2.75) is 84.0 Å². The molecule has 2 atom stereocenters. The highest BCUT2D eigenvalue weighted by molar-refractivity contribution is 8.04. The molecular formula is C28H44N2O9S. The molecule has 40 heavy (non-hydrogen) atoms. The monoisotopic (exact) mass is 584 g/mol. The second kappa shape index (κ2) is 18.2. The van der Waals surface area contributed by atoms with Crippen LogP contribution in [-0.2, 0) is 38.2 Å². The van der Waals surface area contributed by atoms with Gasteiger partial charge in [0.25, 0.3) is 11.8 Å². The molecule has 3 amide bonds. The van der Waals surface area contributed by atoms with Gasteiger partial charge in [-0.1, -0.05) is 13.8 Å². The summed E-state index contributed by atoms with van der Waals surface area (Å²) in [6.07, 6.45) is 5.16. The zero-order chi connectivity index (χ0) is 29.5. The maximum absolute atomic E-state index is 12.7. The molecule has 1 aliphatic carbocycles. The predicted molar refractivity (Wildman–Crippen MR) is 149 cm³/mol. The van der Waals surface area contributed by atoms with E-state index in [1.165, 1.54) is 29.8 Å². The van der Waals surface area contributed by atoms with E-state index in [2.05, 4.69) is 5.32 Å². The van der Waals surface area contributed by atoms with Crippen LogP contribution in [0.1, 0.15) is 71.6 Å². The average molecular weight is 585 g/mol. The maximum atomic E-state index is 12.7. The second-order valence-corrected chi connectivity index (χ2v) is 11.2. The number of aliphatic hydroxyl groups excluding tert-OH is 1. The first-order valence-corrected chi connectivity index (χ1v) is 15.1. The summed E-state index contributed by atoms with van der Waals surface area (Å²) >= 11 is 1.23. The average Bonchev–Trinajstić information content (AvgIpc) is 3.22. The SMILES string of the molecule is CCC(=O)C1CCC(CN2C(=O)C=C(SCCNC(=O)CCCC(=O)OCC(OC)OC(CC)CO)C2=O)CC1. The molecule has 1 fully saturated rings. The van der Waals surface area contributed by atoms with Gasteiger partial charge in [-0.05, 0) is 44.4 Å². The first kappa shape index (κ1) is 33.9. The third-order valence-electron chi connectivity index (χ3n) is 7.18. The van der Waals surface area contributed by atoms with Crippen LogP contribution in [-0.4, -0.2) is 91.0 Å². The summed E-state index contributed by atoms with van der Waals surface area (Å²) in [5.74, 6) is -0.244. The minimum Gasteiger partial charge on any atom is -0.460 e. The Labute approximate surface area is 240 Å². The first-order valence-electron chi connectivity index (χ1n) is 14.2. The summed E-state index contributed by atoms with van der Waals surface area (Å²) in [6, 6.07) is 0. The molecule has 2 N–H and O–H groups in total. The van der Waals surface area contributed by atoms with E-state index in [-0.39, 0.29) is 55.6 Å². The molecule has 11 nitrogen and oxygen atoms in total. The molecule has 0 spiro atoms. The lowest BCUT2D eigenvalue weighted by Crippen LogP contribution is -2.37. The van der Waals surface area contributed by atoms with Gasteiger partial charge in [0, 0.05) is 57.2 Å². The van der Waals surface area contributed by atoms with Crippen molar-refractivity contribution in [3.05, 3.63) is 11.0 Å². The van der Waals surface area contributed by atoms with Gasteiger partial charge in [-0.3, -0.25) is 28.9 Å². The van der Waals surface area contributed by atoms with Crippen LogP contribution in [0.3, 0.4) is 0 Å². The largest absolute Gasteiger partial charge is 0.460 e. The van der Waals surface area contributed by atoms with E-state index >= 15 is 0 Å². The molecule has 1 aliphatic heterocycles. The molecule has 226 valence electrons. The van der Waals surface area contributed by atoms with Crippen LogP contribution in [0.2, 0.25) is 0 Å². The highest BCUT2D eigenvalue weighted by atomic mass is 32.2. The van der Waals surface area contributed by atoms with Crippen LogP contribution in [0, 0.1) is 11.8 Å². The summed E-state index contributed by atoms with van der Waals surface area (Å²) in [5.41, 5.74) is 0. The fraction of sp³-hybridized carbons (Fsp3) is 0.750. The Morgan fingerprint density at radius 1 is 1.15 bits per heavy atom. The minimum atomic E-state index is -0.774. The summed E-state index contributed by atoms with van der Waals surface area (Å²) in [5, 5.41) is 11.9. The lowest BCUT2D eigenvalue weighted by molar-refractivity contribution is -0.194. The number of Topliss-reactive ketones (excluding diaryl/α,β-unsaturated/α-hetero) is 1. The van der Waals surface area contributed by atoms with Crippen molar-refractivity contribution in [3.8, 4) is 0 Å². The first-order chi connectivity index (χ1) is 19.2. The number of nitrogens with one attached hydrogen (secondary N) is 1.